The number of hydrogen-bond donors (Lipinski definition) is 1. The summed E-state index contributed by atoms with van der Waals surface area (Å²) in [5.41, 5.74) is 0. The monoisotopic (exact) mass is 221 g/mol. The number of imidazole rings is 1. The van der Waals surface area contributed by atoms with Gasteiger partial charge in [0.2, 0.25) is 0 Å². The molecule has 16 heavy (non-hydrogen) atoms. The molecule has 0 spiro atoms. The molecule has 1 aromatic rings. The molecule has 2 aliphatic rings. The average Bonchev–Trinajstić information content (AvgIpc) is 2.97. The van der Waals surface area contributed by atoms with Crippen molar-refractivity contribution in [2.75, 3.05) is 6.54 Å². The maximum Gasteiger partial charge on any atom is 0.134 e. The first-order valence-electron chi connectivity index (χ1n) is 6.27. The maximum atomic E-state index is 5.78. The van der Waals surface area contributed by atoms with Crippen LogP contribution in [0.1, 0.15) is 31.5 Å². The first kappa shape index (κ1) is 10.3. The van der Waals surface area contributed by atoms with Gasteiger partial charge in [-0.3, -0.25) is 0 Å². The fourth-order valence-corrected chi connectivity index (χ4v) is 2.66. The summed E-state index contributed by atoms with van der Waals surface area (Å²) >= 11 is 0. The van der Waals surface area contributed by atoms with Crippen LogP contribution in [0.2, 0.25) is 0 Å². The highest BCUT2D eigenvalue weighted by Crippen LogP contribution is 2.18. The van der Waals surface area contributed by atoms with Gasteiger partial charge in [-0.2, -0.15) is 0 Å². The summed E-state index contributed by atoms with van der Waals surface area (Å²) in [5.74, 6) is 1.05. The van der Waals surface area contributed by atoms with E-state index >= 15 is 0 Å². The van der Waals surface area contributed by atoms with Crippen LogP contribution < -0.4 is 5.32 Å². The number of ether oxygens (including phenoxy) is 1. The molecule has 0 radical (unpaired) electrons. The zero-order chi connectivity index (χ0) is 10.8. The van der Waals surface area contributed by atoms with Crippen molar-refractivity contribution in [2.45, 2.75) is 51.0 Å². The minimum Gasteiger partial charge on any atom is -0.367 e. The molecule has 0 bridgehead atoms. The van der Waals surface area contributed by atoms with Gasteiger partial charge in [0.1, 0.15) is 12.4 Å². The highest BCUT2D eigenvalue weighted by atomic mass is 16.5. The lowest BCUT2D eigenvalue weighted by Gasteiger charge is -2.26. The van der Waals surface area contributed by atoms with E-state index in [4.69, 9.17) is 4.74 Å². The molecule has 88 valence electrons. The first-order valence-corrected chi connectivity index (χ1v) is 6.27. The predicted molar refractivity (Wildman–Crippen MR) is 61.1 cm³/mol. The SMILES string of the molecule is c1cn2c(n1)COC(CNC1CCCC1)C2. The second kappa shape index (κ2) is 4.55. The van der Waals surface area contributed by atoms with Gasteiger partial charge in [0.05, 0.1) is 12.6 Å². The third-order valence-corrected chi connectivity index (χ3v) is 3.64. The minimum atomic E-state index is 0.308. The van der Waals surface area contributed by atoms with Gasteiger partial charge in [0.15, 0.2) is 0 Å². The Kier molecular flexibility index (Phi) is 2.93. The number of aromatic nitrogens is 2. The third kappa shape index (κ3) is 2.13. The van der Waals surface area contributed by atoms with Crippen molar-refractivity contribution in [1.82, 2.24) is 14.9 Å². The molecule has 1 N–H and O–H groups in total. The Balaban J connectivity index is 1.50. The summed E-state index contributed by atoms with van der Waals surface area (Å²) in [4.78, 5) is 4.25. The van der Waals surface area contributed by atoms with Crippen LogP contribution in [0, 0.1) is 0 Å². The third-order valence-electron chi connectivity index (χ3n) is 3.64. The summed E-state index contributed by atoms with van der Waals surface area (Å²) in [7, 11) is 0. The molecule has 1 aliphatic carbocycles. The van der Waals surface area contributed by atoms with E-state index < -0.39 is 0 Å². The lowest BCUT2D eigenvalue weighted by Crippen LogP contribution is -2.39. The zero-order valence-electron chi connectivity index (χ0n) is 9.56. The van der Waals surface area contributed by atoms with Crippen LogP contribution in [0.25, 0.3) is 0 Å². The minimum absolute atomic E-state index is 0.308. The van der Waals surface area contributed by atoms with E-state index in [1.54, 1.807) is 0 Å². The van der Waals surface area contributed by atoms with Crippen LogP contribution in [0.5, 0.6) is 0 Å². The zero-order valence-corrected chi connectivity index (χ0v) is 9.56. The summed E-state index contributed by atoms with van der Waals surface area (Å²) in [6, 6.07) is 0.729. The fourth-order valence-electron chi connectivity index (χ4n) is 2.66. The molecule has 0 amide bonds. The molecule has 1 fully saturated rings. The number of nitrogens with one attached hydrogen (secondary N) is 1. The Morgan fingerprint density at radius 2 is 2.31 bits per heavy atom. The molecule has 0 saturated heterocycles. The highest BCUT2D eigenvalue weighted by Gasteiger charge is 2.21. The number of fused-ring (bicyclic) bond motifs is 1. The van der Waals surface area contributed by atoms with Crippen LogP contribution in [-0.2, 0) is 17.9 Å². The molecule has 4 heteroatoms. The molecule has 1 aliphatic heterocycles. The van der Waals surface area contributed by atoms with Gasteiger partial charge in [-0.05, 0) is 12.8 Å². The van der Waals surface area contributed by atoms with Gasteiger partial charge >= 0.3 is 0 Å². The Morgan fingerprint density at radius 3 is 3.19 bits per heavy atom. The second-order valence-corrected chi connectivity index (χ2v) is 4.82. The Hall–Kier alpha value is -0.870. The molecule has 1 saturated carbocycles. The van der Waals surface area contributed by atoms with Crippen LogP contribution in [-0.4, -0.2) is 28.2 Å². The van der Waals surface area contributed by atoms with Gasteiger partial charge in [0, 0.05) is 25.0 Å². The fraction of sp³-hybridized carbons (Fsp3) is 0.750. The van der Waals surface area contributed by atoms with Crippen molar-refractivity contribution >= 4 is 0 Å². The van der Waals surface area contributed by atoms with Crippen molar-refractivity contribution in [3.63, 3.8) is 0 Å². The Labute approximate surface area is 96.0 Å². The average molecular weight is 221 g/mol. The highest BCUT2D eigenvalue weighted by molar-refractivity contribution is 4.94. The summed E-state index contributed by atoms with van der Waals surface area (Å²) in [6.45, 7) is 2.57. The first-order chi connectivity index (χ1) is 7.92. The van der Waals surface area contributed by atoms with E-state index in [1.807, 2.05) is 12.4 Å². The number of rotatable bonds is 3. The second-order valence-electron chi connectivity index (χ2n) is 4.82. The van der Waals surface area contributed by atoms with Crippen LogP contribution >= 0.6 is 0 Å². The predicted octanol–water partition coefficient (Wildman–Crippen LogP) is 1.31. The van der Waals surface area contributed by atoms with Crippen molar-refractivity contribution in [3.8, 4) is 0 Å². The van der Waals surface area contributed by atoms with Gasteiger partial charge in [0.25, 0.3) is 0 Å². The normalized spacial score (nSPS) is 25.9. The lowest BCUT2D eigenvalue weighted by atomic mass is 10.2. The maximum absolute atomic E-state index is 5.78. The van der Waals surface area contributed by atoms with E-state index in [0.29, 0.717) is 12.7 Å². The molecule has 1 unspecified atom stereocenters. The van der Waals surface area contributed by atoms with Gasteiger partial charge in [-0.15, -0.1) is 0 Å². The molecule has 1 atom stereocenters. The topological polar surface area (TPSA) is 39.1 Å². The van der Waals surface area contributed by atoms with Gasteiger partial charge in [-0.25, -0.2) is 4.98 Å². The molecular weight excluding hydrogens is 202 g/mol. The van der Waals surface area contributed by atoms with E-state index in [-0.39, 0.29) is 0 Å². The standard InChI is InChI=1S/C12H19N3O/c1-2-4-10(3-1)14-7-11-8-15-6-5-13-12(15)9-16-11/h5-6,10-11,14H,1-4,7-9H2. The van der Waals surface area contributed by atoms with E-state index in [1.165, 1.54) is 25.7 Å². The Bertz CT molecular complexity index is 344. The van der Waals surface area contributed by atoms with Crippen LogP contribution in [0.4, 0.5) is 0 Å². The van der Waals surface area contributed by atoms with Crippen LogP contribution in [0.3, 0.4) is 0 Å². The lowest BCUT2D eigenvalue weighted by molar-refractivity contribution is 0.00158. The molecule has 2 heterocycles. The summed E-state index contributed by atoms with van der Waals surface area (Å²) < 4.78 is 7.98. The van der Waals surface area contributed by atoms with E-state index in [0.717, 1.165) is 25.0 Å². The molecule has 0 aromatic carbocycles. The molecule has 3 rings (SSSR count). The summed E-state index contributed by atoms with van der Waals surface area (Å²) in [5, 5.41) is 3.62. The number of hydrogen-bond acceptors (Lipinski definition) is 3. The number of nitrogens with zero attached hydrogens (tertiary/aromatic N) is 2. The van der Waals surface area contributed by atoms with E-state index in [9.17, 15) is 0 Å². The van der Waals surface area contributed by atoms with Crippen LogP contribution in [0.15, 0.2) is 12.4 Å². The molecular formula is C12H19N3O. The van der Waals surface area contributed by atoms with E-state index in [2.05, 4.69) is 14.9 Å². The molecule has 4 nitrogen and oxygen atoms in total. The summed E-state index contributed by atoms with van der Waals surface area (Å²) in [6.07, 6.45) is 9.64. The van der Waals surface area contributed by atoms with Crippen molar-refractivity contribution < 1.29 is 4.74 Å². The van der Waals surface area contributed by atoms with Crippen molar-refractivity contribution in [1.29, 1.82) is 0 Å². The van der Waals surface area contributed by atoms with Gasteiger partial charge < -0.3 is 14.6 Å². The Morgan fingerprint density at radius 1 is 1.44 bits per heavy atom. The quantitative estimate of drug-likeness (QED) is 0.836. The smallest absolute Gasteiger partial charge is 0.134 e. The van der Waals surface area contributed by atoms with Crippen molar-refractivity contribution in [2.24, 2.45) is 0 Å². The van der Waals surface area contributed by atoms with Crippen molar-refractivity contribution in [3.05, 3.63) is 18.2 Å². The van der Waals surface area contributed by atoms with Gasteiger partial charge in [-0.1, -0.05) is 12.8 Å². The molecule has 1 aromatic heterocycles. The largest absolute Gasteiger partial charge is 0.367 e.